The number of nitrogens with one attached hydrogen (secondary N) is 2. The Morgan fingerprint density at radius 2 is 1.79 bits per heavy atom. The summed E-state index contributed by atoms with van der Waals surface area (Å²) in [6, 6.07) is 14.1. The van der Waals surface area contributed by atoms with E-state index in [9.17, 15) is 9.59 Å². The van der Waals surface area contributed by atoms with Gasteiger partial charge in [0.25, 0.3) is 11.8 Å². The number of ether oxygens (including phenoxy) is 1. The van der Waals surface area contributed by atoms with Gasteiger partial charge in [0.05, 0.1) is 11.3 Å². The minimum atomic E-state index is -0.325. The minimum Gasteiger partial charge on any atom is -0.484 e. The maximum atomic E-state index is 12.1. The third-order valence-corrected chi connectivity index (χ3v) is 3.69. The third-order valence-electron chi connectivity index (χ3n) is 3.16. The molecule has 0 aliphatic rings. The summed E-state index contributed by atoms with van der Waals surface area (Å²) in [5.41, 5.74) is 0.901. The number of anilines is 1. The molecule has 2 aromatic carbocycles. The predicted molar refractivity (Wildman–Crippen MR) is 97.3 cm³/mol. The van der Waals surface area contributed by atoms with Crippen LogP contribution >= 0.6 is 15.9 Å². The Balaban J connectivity index is 1.96. The molecule has 0 unspecified atom stereocenters. The maximum Gasteiger partial charge on any atom is 0.262 e. The number of carbonyl (C=O) groups is 2. The molecule has 24 heavy (non-hydrogen) atoms. The van der Waals surface area contributed by atoms with Crippen molar-refractivity contribution >= 4 is 33.4 Å². The van der Waals surface area contributed by atoms with Gasteiger partial charge in [-0.25, -0.2) is 0 Å². The van der Waals surface area contributed by atoms with E-state index >= 15 is 0 Å². The zero-order valence-electron chi connectivity index (χ0n) is 13.3. The summed E-state index contributed by atoms with van der Waals surface area (Å²) in [5, 5.41) is 5.51. The van der Waals surface area contributed by atoms with Crippen molar-refractivity contribution in [3.05, 3.63) is 58.6 Å². The van der Waals surface area contributed by atoms with Gasteiger partial charge in [0.2, 0.25) is 0 Å². The van der Waals surface area contributed by atoms with Crippen molar-refractivity contribution in [2.45, 2.75) is 13.3 Å². The van der Waals surface area contributed by atoms with E-state index in [-0.39, 0.29) is 18.4 Å². The van der Waals surface area contributed by atoms with Gasteiger partial charge >= 0.3 is 0 Å². The van der Waals surface area contributed by atoms with Crippen molar-refractivity contribution in [2.24, 2.45) is 0 Å². The molecule has 0 atom stereocenters. The van der Waals surface area contributed by atoms with Crippen LogP contribution in [0.15, 0.2) is 53.0 Å². The molecule has 0 heterocycles. The van der Waals surface area contributed by atoms with Crippen LogP contribution in [0.2, 0.25) is 0 Å². The fraction of sp³-hybridized carbons (Fsp3) is 0.222. The topological polar surface area (TPSA) is 67.4 Å². The van der Waals surface area contributed by atoms with E-state index < -0.39 is 0 Å². The number of hydrogen-bond acceptors (Lipinski definition) is 3. The molecule has 0 saturated heterocycles. The summed E-state index contributed by atoms with van der Waals surface area (Å²) in [6.45, 7) is 2.44. The van der Waals surface area contributed by atoms with Gasteiger partial charge < -0.3 is 15.4 Å². The number of carbonyl (C=O) groups excluding carboxylic acids is 2. The van der Waals surface area contributed by atoms with E-state index in [1.165, 1.54) is 0 Å². The molecule has 5 nitrogen and oxygen atoms in total. The quantitative estimate of drug-likeness (QED) is 0.758. The van der Waals surface area contributed by atoms with Crippen LogP contribution in [-0.2, 0) is 4.79 Å². The molecule has 2 N–H and O–H groups in total. The Morgan fingerprint density at radius 3 is 2.50 bits per heavy atom. The van der Waals surface area contributed by atoms with Crippen molar-refractivity contribution in [2.75, 3.05) is 18.5 Å². The molecule has 0 bridgehead atoms. The van der Waals surface area contributed by atoms with Gasteiger partial charge in [-0.1, -0.05) is 35.0 Å². The Morgan fingerprint density at radius 1 is 1.08 bits per heavy atom. The van der Waals surface area contributed by atoms with Crippen molar-refractivity contribution in [3.8, 4) is 5.75 Å². The average molecular weight is 391 g/mol. The lowest BCUT2D eigenvalue weighted by Gasteiger charge is -2.11. The molecule has 6 heteroatoms. The molecule has 0 saturated carbocycles. The van der Waals surface area contributed by atoms with Crippen LogP contribution in [0.1, 0.15) is 23.7 Å². The number of halogens is 1. The molecule has 2 aromatic rings. The lowest BCUT2D eigenvalue weighted by Crippen LogP contribution is -2.27. The molecule has 0 spiro atoms. The van der Waals surface area contributed by atoms with Crippen molar-refractivity contribution in [1.29, 1.82) is 0 Å². The predicted octanol–water partition coefficient (Wildman–Crippen LogP) is 3.61. The Labute approximate surface area is 149 Å². The highest BCUT2D eigenvalue weighted by molar-refractivity contribution is 9.10. The summed E-state index contributed by atoms with van der Waals surface area (Å²) in [5.74, 6) is 0.0672. The van der Waals surface area contributed by atoms with Crippen LogP contribution < -0.4 is 15.4 Å². The molecule has 0 fully saturated rings. The number of rotatable bonds is 7. The Bertz CT molecular complexity index is 702. The van der Waals surface area contributed by atoms with Crippen molar-refractivity contribution in [1.82, 2.24) is 5.32 Å². The molecule has 0 radical (unpaired) electrons. The zero-order valence-corrected chi connectivity index (χ0v) is 14.9. The first kappa shape index (κ1) is 18.0. The van der Waals surface area contributed by atoms with E-state index in [0.29, 0.717) is 23.5 Å². The van der Waals surface area contributed by atoms with Crippen LogP contribution in [0.4, 0.5) is 5.69 Å². The lowest BCUT2D eigenvalue weighted by molar-refractivity contribution is -0.118. The maximum absolute atomic E-state index is 12.1. The second kappa shape index (κ2) is 9.08. The van der Waals surface area contributed by atoms with Crippen LogP contribution in [0, 0.1) is 0 Å². The lowest BCUT2D eigenvalue weighted by atomic mass is 10.1. The summed E-state index contributed by atoms with van der Waals surface area (Å²) in [6.07, 6.45) is 0.849. The molecular formula is C18H19BrN2O3. The zero-order chi connectivity index (χ0) is 17.4. The number of amides is 2. The number of hydrogen-bond donors (Lipinski definition) is 2. The normalized spacial score (nSPS) is 10.1. The molecular weight excluding hydrogens is 372 g/mol. The van der Waals surface area contributed by atoms with E-state index in [1.807, 2.05) is 19.1 Å². The van der Waals surface area contributed by atoms with E-state index in [2.05, 4.69) is 26.6 Å². The summed E-state index contributed by atoms with van der Waals surface area (Å²) < 4.78 is 6.36. The van der Waals surface area contributed by atoms with Gasteiger partial charge in [0.15, 0.2) is 6.61 Å². The van der Waals surface area contributed by atoms with Crippen molar-refractivity contribution in [3.63, 3.8) is 0 Å². The van der Waals surface area contributed by atoms with Crippen LogP contribution in [0.5, 0.6) is 5.75 Å². The standard InChI is InChI=1S/C18H19BrN2O3/c1-2-11-20-18(23)15-5-3-4-6-16(15)21-17(22)12-24-14-9-7-13(19)8-10-14/h3-10H,2,11-12H2,1H3,(H,20,23)(H,21,22). The first-order valence-electron chi connectivity index (χ1n) is 7.65. The third kappa shape index (κ3) is 5.38. The average Bonchev–Trinajstić information content (AvgIpc) is 2.59. The highest BCUT2D eigenvalue weighted by Gasteiger charge is 2.12. The molecule has 0 aliphatic heterocycles. The molecule has 126 valence electrons. The largest absolute Gasteiger partial charge is 0.484 e. The smallest absolute Gasteiger partial charge is 0.262 e. The summed E-state index contributed by atoms with van der Waals surface area (Å²) in [4.78, 5) is 24.2. The SMILES string of the molecule is CCCNC(=O)c1ccccc1NC(=O)COc1ccc(Br)cc1. The summed E-state index contributed by atoms with van der Waals surface area (Å²) >= 11 is 3.34. The fourth-order valence-electron chi connectivity index (χ4n) is 1.99. The first-order valence-corrected chi connectivity index (χ1v) is 8.45. The van der Waals surface area contributed by atoms with E-state index in [0.717, 1.165) is 10.9 Å². The fourth-order valence-corrected chi connectivity index (χ4v) is 2.25. The highest BCUT2D eigenvalue weighted by Crippen LogP contribution is 2.17. The van der Waals surface area contributed by atoms with Gasteiger partial charge in [-0.2, -0.15) is 0 Å². The minimum absolute atomic E-state index is 0.132. The Kier molecular flexibility index (Phi) is 6.81. The number of para-hydroxylation sites is 1. The molecule has 2 amide bonds. The van der Waals surface area contributed by atoms with E-state index in [1.54, 1.807) is 36.4 Å². The summed E-state index contributed by atoms with van der Waals surface area (Å²) in [7, 11) is 0. The monoisotopic (exact) mass is 390 g/mol. The highest BCUT2D eigenvalue weighted by atomic mass is 79.9. The second-order valence-electron chi connectivity index (χ2n) is 5.09. The second-order valence-corrected chi connectivity index (χ2v) is 6.01. The van der Waals surface area contributed by atoms with Crippen LogP contribution in [0.3, 0.4) is 0 Å². The van der Waals surface area contributed by atoms with Crippen LogP contribution in [-0.4, -0.2) is 25.0 Å². The van der Waals surface area contributed by atoms with Gasteiger partial charge in [-0.05, 0) is 42.8 Å². The van der Waals surface area contributed by atoms with Gasteiger partial charge in [0, 0.05) is 11.0 Å². The first-order chi connectivity index (χ1) is 11.6. The van der Waals surface area contributed by atoms with Gasteiger partial charge in [0.1, 0.15) is 5.75 Å². The van der Waals surface area contributed by atoms with E-state index in [4.69, 9.17) is 4.74 Å². The van der Waals surface area contributed by atoms with Gasteiger partial charge in [-0.15, -0.1) is 0 Å². The van der Waals surface area contributed by atoms with Crippen LogP contribution in [0.25, 0.3) is 0 Å². The molecule has 0 aromatic heterocycles. The number of benzene rings is 2. The molecule has 0 aliphatic carbocycles. The van der Waals surface area contributed by atoms with Gasteiger partial charge in [-0.3, -0.25) is 9.59 Å². The Hall–Kier alpha value is -2.34. The molecule has 2 rings (SSSR count). The van der Waals surface area contributed by atoms with Crippen molar-refractivity contribution < 1.29 is 14.3 Å².